The Kier molecular flexibility index (Phi) is 8.10. The Morgan fingerprint density at radius 1 is 0.892 bits per heavy atom. The molecule has 0 atom stereocenters. The predicted octanol–water partition coefficient (Wildman–Crippen LogP) is 7.45. The van der Waals surface area contributed by atoms with Gasteiger partial charge in [0, 0.05) is 20.1 Å². The average molecular weight is 709 g/mol. The third-order valence-electron chi connectivity index (χ3n) is 5.66. The van der Waals surface area contributed by atoms with E-state index in [1.54, 1.807) is 6.21 Å². The van der Waals surface area contributed by atoms with Gasteiger partial charge in [-0.05, 0) is 75.0 Å². The van der Waals surface area contributed by atoms with Crippen LogP contribution in [0.1, 0.15) is 21.5 Å². The molecule has 1 aromatic heterocycles. The number of ether oxygens (including phenoxy) is 1. The second kappa shape index (κ2) is 11.8. The minimum absolute atomic E-state index is 0.306. The topological polar surface area (TPSA) is 63.6 Å². The molecule has 5 rings (SSSR count). The molecule has 0 fully saturated rings. The molecule has 0 spiro atoms. The number of hydrogen-bond acceptors (Lipinski definition) is 4. The molecule has 0 aliphatic heterocycles. The largest absolute Gasteiger partial charge is 0.487 e. The summed E-state index contributed by atoms with van der Waals surface area (Å²) >= 11 is 4.53. The van der Waals surface area contributed by atoms with E-state index in [0.29, 0.717) is 12.2 Å². The first kappa shape index (κ1) is 25.3. The smallest absolute Gasteiger partial charge is 0.272 e. The summed E-state index contributed by atoms with van der Waals surface area (Å²) in [7, 11) is 0. The number of hydrazone groups is 1. The molecule has 5 nitrogen and oxygen atoms in total. The van der Waals surface area contributed by atoms with Gasteiger partial charge in [0.05, 0.1) is 26.6 Å². The second-order valence-corrected chi connectivity index (χ2v) is 10.6. The van der Waals surface area contributed by atoms with Gasteiger partial charge < -0.3 is 4.74 Å². The number of carbonyl (C=O) groups excluding carboxylic acids is 1. The van der Waals surface area contributed by atoms with E-state index in [9.17, 15) is 4.79 Å². The van der Waals surface area contributed by atoms with Crippen LogP contribution in [-0.4, -0.2) is 17.1 Å². The quantitative estimate of drug-likeness (QED) is 0.109. The Hall–Kier alpha value is -3.31. The fraction of sp³-hybridized carbons (Fsp3) is 0.0333. The molecule has 4 aromatic carbocycles. The van der Waals surface area contributed by atoms with Crippen LogP contribution in [0.25, 0.3) is 22.2 Å². The maximum atomic E-state index is 13.3. The molecule has 0 saturated carbocycles. The SMILES string of the molecule is O=C(N/N=C\c1cc(I)cc(I)c1OCc1ccccc1)c1cc(-c2ccccc2)nc2ccccc12. The van der Waals surface area contributed by atoms with Gasteiger partial charge in [-0.2, -0.15) is 5.10 Å². The zero-order valence-electron chi connectivity index (χ0n) is 19.6. The molecule has 0 unspecified atom stereocenters. The van der Waals surface area contributed by atoms with E-state index in [-0.39, 0.29) is 5.91 Å². The van der Waals surface area contributed by atoms with E-state index in [1.165, 1.54) is 0 Å². The van der Waals surface area contributed by atoms with Crippen LogP contribution in [0.5, 0.6) is 5.75 Å². The van der Waals surface area contributed by atoms with E-state index < -0.39 is 0 Å². The summed E-state index contributed by atoms with van der Waals surface area (Å²) in [5.74, 6) is 0.419. The number of rotatable bonds is 7. The highest BCUT2D eigenvalue weighted by atomic mass is 127. The van der Waals surface area contributed by atoms with Crippen molar-refractivity contribution in [2.24, 2.45) is 5.10 Å². The molecule has 182 valence electrons. The number of fused-ring (bicyclic) bond motifs is 1. The molecule has 1 heterocycles. The number of pyridine rings is 1. The summed E-state index contributed by atoms with van der Waals surface area (Å²) in [5, 5.41) is 5.06. The number of nitrogens with zero attached hydrogens (tertiary/aromatic N) is 2. The maximum absolute atomic E-state index is 13.3. The summed E-state index contributed by atoms with van der Waals surface area (Å²) in [6.07, 6.45) is 1.63. The number of nitrogens with one attached hydrogen (secondary N) is 1. The standard InChI is InChI=1S/C30H21I2N3O2/c31-23-15-22(29(26(32)16-23)37-19-20-9-3-1-4-10-20)18-33-35-30(36)25-17-28(21-11-5-2-6-12-21)34-27-14-8-7-13-24(25)27/h1-18H,19H2,(H,35,36)/b33-18-. The number of para-hydroxylation sites is 1. The van der Waals surface area contributed by atoms with Gasteiger partial charge in [0.2, 0.25) is 0 Å². The third-order valence-corrected chi connectivity index (χ3v) is 7.09. The van der Waals surface area contributed by atoms with E-state index >= 15 is 0 Å². The van der Waals surface area contributed by atoms with Crippen molar-refractivity contribution in [3.63, 3.8) is 0 Å². The highest BCUT2D eigenvalue weighted by molar-refractivity contribution is 14.1. The lowest BCUT2D eigenvalue weighted by Crippen LogP contribution is -2.18. The number of carbonyl (C=O) groups is 1. The highest BCUT2D eigenvalue weighted by Gasteiger charge is 2.14. The average Bonchev–Trinajstić information content (AvgIpc) is 2.93. The van der Waals surface area contributed by atoms with Gasteiger partial charge in [-0.25, -0.2) is 10.4 Å². The summed E-state index contributed by atoms with van der Waals surface area (Å²) in [5.41, 5.74) is 7.51. The lowest BCUT2D eigenvalue weighted by Gasteiger charge is -2.12. The molecule has 1 amide bonds. The van der Waals surface area contributed by atoms with Gasteiger partial charge in [-0.3, -0.25) is 4.79 Å². The first-order valence-corrected chi connectivity index (χ1v) is 13.7. The van der Waals surface area contributed by atoms with E-state index in [0.717, 1.165) is 46.2 Å². The van der Waals surface area contributed by atoms with Crippen LogP contribution in [0.3, 0.4) is 0 Å². The number of hydrogen-bond donors (Lipinski definition) is 1. The van der Waals surface area contributed by atoms with Crippen molar-refractivity contribution in [1.82, 2.24) is 10.4 Å². The highest BCUT2D eigenvalue weighted by Crippen LogP contribution is 2.28. The van der Waals surface area contributed by atoms with Crippen molar-refractivity contribution in [2.45, 2.75) is 6.61 Å². The van der Waals surface area contributed by atoms with Gasteiger partial charge in [-0.15, -0.1) is 0 Å². The van der Waals surface area contributed by atoms with Crippen LogP contribution in [0.2, 0.25) is 0 Å². The summed E-state index contributed by atoms with van der Waals surface area (Å²) in [6.45, 7) is 0.440. The first-order valence-electron chi connectivity index (χ1n) is 11.5. The second-order valence-electron chi connectivity index (χ2n) is 8.22. The van der Waals surface area contributed by atoms with Crippen molar-refractivity contribution >= 4 is 68.2 Å². The summed E-state index contributed by atoms with van der Waals surface area (Å²) < 4.78 is 8.17. The van der Waals surface area contributed by atoms with Crippen molar-refractivity contribution in [3.8, 4) is 17.0 Å². The molecule has 37 heavy (non-hydrogen) atoms. The molecule has 0 aliphatic rings. The zero-order valence-corrected chi connectivity index (χ0v) is 23.9. The van der Waals surface area contributed by atoms with Gasteiger partial charge in [0.15, 0.2) is 0 Å². The molecule has 0 bridgehead atoms. The van der Waals surface area contributed by atoms with Crippen LogP contribution in [0, 0.1) is 7.14 Å². The molecular weight excluding hydrogens is 688 g/mol. The van der Waals surface area contributed by atoms with Crippen molar-refractivity contribution in [2.75, 3.05) is 0 Å². The van der Waals surface area contributed by atoms with Crippen LogP contribution < -0.4 is 10.2 Å². The van der Waals surface area contributed by atoms with Gasteiger partial charge >= 0.3 is 0 Å². The molecule has 0 aliphatic carbocycles. The van der Waals surface area contributed by atoms with Crippen molar-refractivity contribution in [1.29, 1.82) is 0 Å². The molecule has 5 aromatic rings. The summed E-state index contributed by atoms with van der Waals surface area (Å²) in [4.78, 5) is 18.0. The van der Waals surface area contributed by atoms with Crippen molar-refractivity contribution < 1.29 is 9.53 Å². The normalized spacial score (nSPS) is 11.1. The Bertz CT molecular complexity index is 1590. The van der Waals surface area contributed by atoms with Gasteiger partial charge in [-0.1, -0.05) is 78.9 Å². The zero-order chi connectivity index (χ0) is 25.6. The third kappa shape index (κ3) is 6.16. The molecular formula is C30H21I2N3O2. The van der Waals surface area contributed by atoms with E-state index in [2.05, 4.69) is 55.7 Å². The number of benzene rings is 4. The van der Waals surface area contributed by atoms with Crippen LogP contribution >= 0.6 is 45.2 Å². The van der Waals surface area contributed by atoms with E-state index in [1.807, 2.05) is 103 Å². The number of aromatic nitrogens is 1. The lowest BCUT2D eigenvalue weighted by atomic mass is 10.0. The molecule has 1 N–H and O–H groups in total. The molecule has 0 saturated heterocycles. The van der Waals surface area contributed by atoms with Crippen LogP contribution in [0.4, 0.5) is 0 Å². The Balaban J connectivity index is 1.41. The molecule has 0 radical (unpaired) electrons. The Morgan fingerprint density at radius 2 is 1.59 bits per heavy atom. The minimum Gasteiger partial charge on any atom is -0.487 e. The van der Waals surface area contributed by atoms with E-state index in [4.69, 9.17) is 9.72 Å². The van der Waals surface area contributed by atoms with Crippen LogP contribution in [-0.2, 0) is 6.61 Å². The Labute approximate surface area is 242 Å². The fourth-order valence-electron chi connectivity index (χ4n) is 3.90. The van der Waals surface area contributed by atoms with Gasteiger partial charge in [0.1, 0.15) is 12.4 Å². The fourth-order valence-corrected chi connectivity index (χ4v) is 5.94. The Morgan fingerprint density at radius 3 is 2.38 bits per heavy atom. The first-order chi connectivity index (χ1) is 18.1. The predicted molar refractivity (Wildman–Crippen MR) is 165 cm³/mol. The van der Waals surface area contributed by atoms with Gasteiger partial charge in [0.25, 0.3) is 5.91 Å². The van der Waals surface area contributed by atoms with Crippen LogP contribution in [0.15, 0.2) is 108 Å². The summed E-state index contributed by atoms with van der Waals surface area (Å²) in [6, 6.07) is 33.3. The maximum Gasteiger partial charge on any atom is 0.272 e. The monoisotopic (exact) mass is 709 g/mol. The minimum atomic E-state index is -0.306. The van der Waals surface area contributed by atoms with Crippen molar-refractivity contribution in [3.05, 3.63) is 127 Å². The number of halogens is 2. The lowest BCUT2D eigenvalue weighted by molar-refractivity contribution is 0.0956. The molecule has 7 heteroatoms. The number of amides is 1.